The molecule has 0 spiro atoms. The number of hydrogen-bond donors (Lipinski definition) is 0. The number of hydrogen-bond acceptors (Lipinski definition) is 4. The number of benzene rings is 2. The molecule has 5 heteroatoms. The summed E-state index contributed by atoms with van der Waals surface area (Å²) in [4.78, 5) is 14.2. The van der Waals surface area contributed by atoms with Crippen LogP contribution < -0.4 is 9.47 Å². The van der Waals surface area contributed by atoms with Crippen LogP contribution in [-0.2, 0) is 10.5 Å². The number of ether oxygens (including phenoxy) is 2. The molecule has 0 aliphatic rings. The average molecular weight is 359 g/mol. The van der Waals surface area contributed by atoms with Gasteiger partial charge < -0.3 is 14.4 Å². The normalized spacial score (nSPS) is 11.6. The molecule has 25 heavy (non-hydrogen) atoms. The molecule has 1 unspecified atom stereocenters. The zero-order valence-corrected chi connectivity index (χ0v) is 15.8. The molecule has 0 saturated carbocycles. The molecule has 1 amide bonds. The number of thioether (sulfide) groups is 1. The minimum Gasteiger partial charge on any atom is -0.497 e. The van der Waals surface area contributed by atoms with Crippen molar-refractivity contribution in [3.05, 3.63) is 60.2 Å². The van der Waals surface area contributed by atoms with Gasteiger partial charge in [-0.15, -0.1) is 11.8 Å². The second kappa shape index (κ2) is 9.99. The molecule has 0 aromatic heterocycles. The Morgan fingerprint density at radius 1 is 1.08 bits per heavy atom. The quantitative estimate of drug-likeness (QED) is 0.682. The molecule has 4 nitrogen and oxygen atoms in total. The van der Waals surface area contributed by atoms with Crippen LogP contribution >= 0.6 is 11.8 Å². The first-order valence-electron chi connectivity index (χ1n) is 8.27. The van der Waals surface area contributed by atoms with E-state index < -0.39 is 0 Å². The predicted octanol–water partition coefficient (Wildman–Crippen LogP) is 3.85. The summed E-state index contributed by atoms with van der Waals surface area (Å²) in [6.45, 7) is 2.97. The van der Waals surface area contributed by atoms with Crippen molar-refractivity contribution >= 4 is 17.7 Å². The van der Waals surface area contributed by atoms with Gasteiger partial charge in [-0.1, -0.05) is 30.3 Å². The number of likely N-dealkylation sites (N-methyl/N-ethyl adjacent to an activating group) is 1. The molecule has 0 bridgehead atoms. The van der Waals surface area contributed by atoms with E-state index in [0.717, 1.165) is 17.3 Å². The molecule has 0 saturated heterocycles. The van der Waals surface area contributed by atoms with E-state index in [1.165, 1.54) is 5.56 Å². The fourth-order valence-corrected chi connectivity index (χ4v) is 3.22. The van der Waals surface area contributed by atoms with Gasteiger partial charge in [-0.05, 0) is 36.8 Å². The first-order valence-corrected chi connectivity index (χ1v) is 9.32. The van der Waals surface area contributed by atoms with Gasteiger partial charge in [0.25, 0.3) is 0 Å². The van der Waals surface area contributed by atoms with Gasteiger partial charge in [0, 0.05) is 12.8 Å². The van der Waals surface area contributed by atoms with Crippen molar-refractivity contribution in [3.63, 3.8) is 0 Å². The zero-order chi connectivity index (χ0) is 18.1. The number of nitrogens with zero attached hydrogens (tertiary/aromatic N) is 1. The van der Waals surface area contributed by atoms with Crippen LogP contribution in [0.3, 0.4) is 0 Å². The number of methoxy groups -OCH3 is 1. The van der Waals surface area contributed by atoms with Gasteiger partial charge in [-0.2, -0.15) is 0 Å². The van der Waals surface area contributed by atoms with Crippen LogP contribution in [0.15, 0.2) is 54.6 Å². The van der Waals surface area contributed by atoms with E-state index in [9.17, 15) is 4.79 Å². The fourth-order valence-electron chi connectivity index (χ4n) is 2.26. The molecular formula is C20H25NO3S. The minimum absolute atomic E-state index is 0.0776. The second-order valence-corrected chi connectivity index (χ2v) is 7.05. The van der Waals surface area contributed by atoms with Gasteiger partial charge >= 0.3 is 0 Å². The Bertz CT molecular complexity index is 646. The van der Waals surface area contributed by atoms with Crippen molar-refractivity contribution in [2.24, 2.45) is 0 Å². The highest BCUT2D eigenvalue weighted by atomic mass is 32.2. The van der Waals surface area contributed by atoms with Crippen molar-refractivity contribution in [2.75, 3.05) is 27.3 Å². The molecule has 134 valence electrons. The van der Waals surface area contributed by atoms with Crippen LogP contribution in [0.5, 0.6) is 11.5 Å². The van der Waals surface area contributed by atoms with E-state index in [1.807, 2.05) is 56.4 Å². The third kappa shape index (κ3) is 6.35. The van der Waals surface area contributed by atoms with E-state index in [0.29, 0.717) is 13.2 Å². The fraction of sp³-hybridized carbons (Fsp3) is 0.350. The molecule has 1 atom stereocenters. The Hall–Kier alpha value is -2.14. The first kappa shape index (κ1) is 19.2. The van der Waals surface area contributed by atoms with E-state index in [-0.39, 0.29) is 11.2 Å². The van der Waals surface area contributed by atoms with Gasteiger partial charge in [0.2, 0.25) is 5.91 Å². The van der Waals surface area contributed by atoms with Crippen molar-refractivity contribution in [3.8, 4) is 11.5 Å². The maximum absolute atomic E-state index is 12.4. The lowest BCUT2D eigenvalue weighted by atomic mass is 10.2. The predicted molar refractivity (Wildman–Crippen MR) is 103 cm³/mol. The highest BCUT2D eigenvalue weighted by molar-refractivity contribution is 7.99. The van der Waals surface area contributed by atoms with Crippen LogP contribution in [0.25, 0.3) is 0 Å². The van der Waals surface area contributed by atoms with Crippen molar-refractivity contribution in [1.82, 2.24) is 4.90 Å². The maximum atomic E-state index is 12.4. The second-order valence-electron chi connectivity index (χ2n) is 5.72. The van der Waals surface area contributed by atoms with Crippen molar-refractivity contribution in [2.45, 2.75) is 17.9 Å². The summed E-state index contributed by atoms with van der Waals surface area (Å²) in [5.74, 6) is 2.53. The molecule has 2 aromatic rings. The zero-order valence-electron chi connectivity index (χ0n) is 15.0. The monoisotopic (exact) mass is 359 g/mol. The Balaban J connectivity index is 1.71. The highest BCUT2D eigenvalue weighted by Gasteiger charge is 2.17. The van der Waals surface area contributed by atoms with E-state index in [2.05, 4.69) is 12.1 Å². The lowest BCUT2D eigenvalue weighted by Gasteiger charge is -2.21. The Morgan fingerprint density at radius 3 is 2.36 bits per heavy atom. The summed E-state index contributed by atoms with van der Waals surface area (Å²) in [5, 5.41) is -0.0776. The Labute approximate surface area is 154 Å². The number of carbonyl (C=O) groups is 1. The Morgan fingerprint density at radius 2 is 1.72 bits per heavy atom. The van der Waals surface area contributed by atoms with Crippen molar-refractivity contribution < 1.29 is 14.3 Å². The minimum atomic E-state index is -0.0776. The summed E-state index contributed by atoms with van der Waals surface area (Å²) in [6, 6.07) is 17.6. The molecule has 0 fully saturated rings. The third-order valence-electron chi connectivity index (χ3n) is 3.82. The van der Waals surface area contributed by atoms with Gasteiger partial charge in [0.15, 0.2) is 0 Å². The molecule has 0 aliphatic carbocycles. The summed E-state index contributed by atoms with van der Waals surface area (Å²) in [5.41, 5.74) is 1.23. The standard InChI is InChI=1S/C20H25NO3S/c1-16(25-15-17-7-5-4-6-8-17)20(22)21(2)13-14-24-19-11-9-18(23-3)10-12-19/h4-12,16H,13-15H2,1-3H3. The van der Waals surface area contributed by atoms with Gasteiger partial charge in [0.1, 0.15) is 18.1 Å². The molecule has 2 rings (SSSR count). The Kier molecular flexibility index (Phi) is 7.67. The highest BCUT2D eigenvalue weighted by Crippen LogP contribution is 2.19. The summed E-state index contributed by atoms with van der Waals surface area (Å²) in [7, 11) is 3.45. The molecule has 0 radical (unpaired) electrons. The molecule has 0 heterocycles. The lowest BCUT2D eigenvalue weighted by molar-refractivity contribution is -0.129. The third-order valence-corrected chi connectivity index (χ3v) is 5.02. The molecule has 2 aromatic carbocycles. The van der Waals surface area contributed by atoms with Gasteiger partial charge in [-0.3, -0.25) is 4.79 Å². The van der Waals surface area contributed by atoms with Crippen LogP contribution in [-0.4, -0.2) is 43.4 Å². The lowest BCUT2D eigenvalue weighted by Crippen LogP contribution is -2.36. The maximum Gasteiger partial charge on any atom is 0.235 e. The molecule has 0 N–H and O–H groups in total. The molecular weight excluding hydrogens is 334 g/mol. The number of rotatable bonds is 9. The number of amides is 1. The van der Waals surface area contributed by atoms with Gasteiger partial charge in [0.05, 0.1) is 18.9 Å². The average Bonchev–Trinajstić information content (AvgIpc) is 2.66. The van der Waals surface area contributed by atoms with Crippen LogP contribution in [0.4, 0.5) is 0 Å². The van der Waals surface area contributed by atoms with Crippen LogP contribution in [0.2, 0.25) is 0 Å². The van der Waals surface area contributed by atoms with Crippen molar-refractivity contribution in [1.29, 1.82) is 0 Å². The topological polar surface area (TPSA) is 38.8 Å². The van der Waals surface area contributed by atoms with Crippen LogP contribution in [0, 0.1) is 0 Å². The smallest absolute Gasteiger partial charge is 0.235 e. The van der Waals surface area contributed by atoms with Crippen LogP contribution in [0.1, 0.15) is 12.5 Å². The van der Waals surface area contributed by atoms with Gasteiger partial charge in [-0.25, -0.2) is 0 Å². The summed E-state index contributed by atoms with van der Waals surface area (Å²) >= 11 is 1.65. The van der Waals surface area contributed by atoms with E-state index in [4.69, 9.17) is 9.47 Å². The van der Waals surface area contributed by atoms with E-state index in [1.54, 1.807) is 23.8 Å². The first-order chi connectivity index (χ1) is 12.1. The number of carbonyl (C=O) groups excluding carboxylic acids is 1. The molecule has 0 aliphatic heterocycles. The SMILES string of the molecule is COc1ccc(OCCN(C)C(=O)C(C)SCc2ccccc2)cc1. The summed E-state index contributed by atoms with van der Waals surface area (Å²) < 4.78 is 10.8. The largest absolute Gasteiger partial charge is 0.497 e. The van der Waals surface area contributed by atoms with E-state index >= 15 is 0 Å². The summed E-state index contributed by atoms with van der Waals surface area (Å²) in [6.07, 6.45) is 0.